The van der Waals surface area contributed by atoms with Crippen molar-refractivity contribution in [1.29, 1.82) is 0 Å². The SMILES string of the molecule is CC1=CC=C(Cc2cc(O)c(OCNC3CCCCC3)cc2C)CN1. The zero-order valence-electron chi connectivity index (χ0n) is 15.4. The van der Waals surface area contributed by atoms with E-state index in [0.29, 0.717) is 18.5 Å². The van der Waals surface area contributed by atoms with Crippen LogP contribution in [-0.4, -0.2) is 24.4 Å². The summed E-state index contributed by atoms with van der Waals surface area (Å²) in [5.41, 5.74) is 4.81. The molecular weight excluding hydrogens is 312 g/mol. The molecule has 25 heavy (non-hydrogen) atoms. The molecule has 0 bridgehead atoms. The van der Waals surface area contributed by atoms with Crippen LogP contribution in [0.25, 0.3) is 0 Å². The van der Waals surface area contributed by atoms with Crippen LogP contribution in [0, 0.1) is 6.92 Å². The van der Waals surface area contributed by atoms with Gasteiger partial charge in [-0.1, -0.05) is 25.3 Å². The number of allylic oxidation sites excluding steroid dienone is 3. The molecular formula is C21H30N2O2. The second-order valence-corrected chi connectivity index (χ2v) is 7.28. The van der Waals surface area contributed by atoms with Crippen LogP contribution in [0.2, 0.25) is 0 Å². The molecule has 1 heterocycles. The number of phenolic OH excluding ortho intramolecular Hbond substituents is 1. The molecule has 1 saturated carbocycles. The Kier molecular flexibility index (Phi) is 6.03. The van der Waals surface area contributed by atoms with Crippen LogP contribution in [0.4, 0.5) is 0 Å². The Morgan fingerprint density at radius 2 is 1.96 bits per heavy atom. The van der Waals surface area contributed by atoms with E-state index in [-0.39, 0.29) is 5.75 Å². The third kappa shape index (κ3) is 5.02. The van der Waals surface area contributed by atoms with E-state index in [1.807, 2.05) is 12.1 Å². The number of dihydropyridines is 1. The number of rotatable bonds is 6. The highest BCUT2D eigenvalue weighted by Crippen LogP contribution is 2.31. The smallest absolute Gasteiger partial charge is 0.163 e. The zero-order chi connectivity index (χ0) is 17.6. The fraction of sp³-hybridized carbons (Fsp3) is 0.524. The first-order valence-corrected chi connectivity index (χ1v) is 9.40. The summed E-state index contributed by atoms with van der Waals surface area (Å²) < 4.78 is 5.78. The molecule has 1 aliphatic carbocycles. The molecule has 2 aliphatic rings. The third-order valence-corrected chi connectivity index (χ3v) is 5.20. The van der Waals surface area contributed by atoms with Gasteiger partial charge in [-0.15, -0.1) is 0 Å². The molecule has 3 N–H and O–H groups in total. The van der Waals surface area contributed by atoms with Gasteiger partial charge in [-0.05, 0) is 68.0 Å². The van der Waals surface area contributed by atoms with Gasteiger partial charge in [0.05, 0.1) is 0 Å². The van der Waals surface area contributed by atoms with E-state index < -0.39 is 0 Å². The van der Waals surface area contributed by atoms with Crippen LogP contribution in [-0.2, 0) is 6.42 Å². The van der Waals surface area contributed by atoms with Gasteiger partial charge in [0.1, 0.15) is 6.73 Å². The third-order valence-electron chi connectivity index (χ3n) is 5.20. The fourth-order valence-electron chi connectivity index (χ4n) is 3.54. The van der Waals surface area contributed by atoms with Crippen molar-refractivity contribution in [2.75, 3.05) is 13.3 Å². The molecule has 0 amide bonds. The monoisotopic (exact) mass is 342 g/mol. The number of hydrogen-bond donors (Lipinski definition) is 3. The molecule has 4 heteroatoms. The summed E-state index contributed by atoms with van der Waals surface area (Å²) in [5.74, 6) is 0.790. The number of aryl methyl sites for hydroxylation is 1. The van der Waals surface area contributed by atoms with Crippen LogP contribution in [0.5, 0.6) is 11.5 Å². The number of hydrogen-bond acceptors (Lipinski definition) is 4. The number of benzene rings is 1. The van der Waals surface area contributed by atoms with Gasteiger partial charge < -0.3 is 15.2 Å². The number of nitrogens with one attached hydrogen (secondary N) is 2. The summed E-state index contributed by atoms with van der Waals surface area (Å²) in [4.78, 5) is 0. The lowest BCUT2D eigenvalue weighted by Gasteiger charge is -2.23. The second-order valence-electron chi connectivity index (χ2n) is 7.28. The first-order chi connectivity index (χ1) is 12.1. The Hall–Kier alpha value is -1.94. The first kappa shape index (κ1) is 17.9. The van der Waals surface area contributed by atoms with Gasteiger partial charge in [0.25, 0.3) is 0 Å². The normalized spacial score (nSPS) is 18.3. The number of aromatic hydroxyl groups is 1. The van der Waals surface area contributed by atoms with Crippen LogP contribution in [0.1, 0.15) is 50.2 Å². The quantitative estimate of drug-likeness (QED) is 0.686. The average molecular weight is 342 g/mol. The highest BCUT2D eigenvalue weighted by Gasteiger charge is 2.14. The minimum absolute atomic E-state index is 0.224. The van der Waals surface area contributed by atoms with Crippen molar-refractivity contribution in [2.24, 2.45) is 0 Å². The van der Waals surface area contributed by atoms with E-state index in [1.165, 1.54) is 43.4 Å². The van der Waals surface area contributed by atoms with Crippen molar-refractivity contribution in [3.8, 4) is 11.5 Å². The largest absolute Gasteiger partial charge is 0.504 e. The lowest BCUT2D eigenvalue weighted by molar-refractivity contribution is 0.233. The van der Waals surface area contributed by atoms with E-state index in [1.54, 1.807) is 0 Å². The molecule has 1 aromatic rings. The average Bonchev–Trinajstić information content (AvgIpc) is 2.62. The van der Waals surface area contributed by atoms with Crippen LogP contribution < -0.4 is 15.4 Å². The van der Waals surface area contributed by atoms with Gasteiger partial charge in [-0.25, -0.2) is 0 Å². The van der Waals surface area contributed by atoms with Crippen molar-refractivity contribution >= 4 is 0 Å². The second kappa shape index (κ2) is 8.43. The molecule has 0 saturated heterocycles. The molecule has 0 unspecified atom stereocenters. The predicted molar refractivity (Wildman–Crippen MR) is 102 cm³/mol. The summed E-state index contributed by atoms with van der Waals surface area (Å²) in [6.45, 7) is 5.47. The molecule has 0 spiro atoms. The van der Waals surface area contributed by atoms with Gasteiger partial charge in [0.15, 0.2) is 11.5 Å². The van der Waals surface area contributed by atoms with E-state index >= 15 is 0 Å². The van der Waals surface area contributed by atoms with E-state index in [2.05, 4.69) is 36.6 Å². The molecule has 1 aliphatic heterocycles. The maximum absolute atomic E-state index is 10.3. The minimum atomic E-state index is 0.224. The van der Waals surface area contributed by atoms with E-state index in [9.17, 15) is 5.11 Å². The molecule has 1 fully saturated rings. The molecule has 3 rings (SSSR count). The van der Waals surface area contributed by atoms with Crippen LogP contribution in [0.3, 0.4) is 0 Å². The van der Waals surface area contributed by atoms with E-state index in [0.717, 1.165) is 24.1 Å². The van der Waals surface area contributed by atoms with Gasteiger partial charge >= 0.3 is 0 Å². The summed E-state index contributed by atoms with van der Waals surface area (Å²) in [6, 6.07) is 4.35. The molecule has 4 nitrogen and oxygen atoms in total. The molecule has 1 aromatic carbocycles. The van der Waals surface area contributed by atoms with Crippen LogP contribution in [0.15, 0.2) is 35.6 Å². The zero-order valence-corrected chi connectivity index (χ0v) is 15.4. The Morgan fingerprint density at radius 1 is 1.16 bits per heavy atom. The van der Waals surface area contributed by atoms with E-state index in [4.69, 9.17) is 4.74 Å². The van der Waals surface area contributed by atoms with Crippen LogP contribution >= 0.6 is 0 Å². The Labute approximate surface area is 151 Å². The molecule has 0 radical (unpaired) electrons. The first-order valence-electron chi connectivity index (χ1n) is 9.40. The Bertz CT molecular complexity index is 658. The Balaban J connectivity index is 1.58. The van der Waals surface area contributed by atoms with Gasteiger partial charge in [-0.3, -0.25) is 5.32 Å². The Morgan fingerprint density at radius 3 is 2.68 bits per heavy atom. The van der Waals surface area contributed by atoms with Crippen molar-refractivity contribution in [1.82, 2.24) is 10.6 Å². The molecule has 136 valence electrons. The van der Waals surface area contributed by atoms with Crippen molar-refractivity contribution in [2.45, 2.75) is 58.4 Å². The van der Waals surface area contributed by atoms with Crippen molar-refractivity contribution < 1.29 is 9.84 Å². The summed E-state index contributed by atoms with van der Waals surface area (Å²) in [6.07, 6.45) is 11.5. The lowest BCUT2D eigenvalue weighted by atomic mass is 9.96. The summed E-state index contributed by atoms with van der Waals surface area (Å²) in [5, 5.41) is 17.1. The minimum Gasteiger partial charge on any atom is -0.504 e. The fourth-order valence-corrected chi connectivity index (χ4v) is 3.54. The highest BCUT2D eigenvalue weighted by atomic mass is 16.5. The molecule has 0 atom stereocenters. The lowest BCUT2D eigenvalue weighted by Crippen LogP contribution is -2.33. The number of phenols is 1. The highest BCUT2D eigenvalue weighted by molar-refractivity contribution is 5.47. The van der Waals surface area contributed by atoms with Gasteiger partial charge in [0.2, 0.25) is 0 Å². The number of ether oxygens (including phenoxy) is 1. The van der Waals surface area contributed by atoms with Gasteiger partial charge in [0, 0.05) is 18.3 Å². The standard InChI is InChI=1S/C21H30N2O2/c1-15-10-21(25-14-23-19-6-4-3-5-7-19)20(24)12-18(15)11-17-9-8-16(2)22-13-17/h8-10,12,19,22-24H,3-7,11,13-14H2,1-2H3. The summed E-state index contributed by atoms with van der Waals surface area (Å²) in [7, 11) is 0. The van der Waals surface area contributed by atoms with Crippen molar-refractivity contribution in [3.05, 3.63) is 46.7 Å². The maximum Gasteiger partial charge on any atom is 0.163 e. The maximum atomic E-state index is 10.3. The molecule has 0 aromatic heterocycles. The van der Waals surface area contributed by atoms with Gasteiger partial charge in [-0.2, -0.15) is 0 Å². The van der Waals surface area contributed by atoms with Crippen molar-refractivity contribution in [3.63, 3.8) is 0 Å². The topological polar surface area (TPSA) is 53.5 Å². The summed E-state index contributed by atoms with van der Waals surface area (Å²) >= 11 is 0. The predicted octanol–water partition coefficient (Wildman–Crippen LogP) is 3.94.